The molecule has 2 amide bonds. The minimum absolute atomic E-state index is 0.0110. The van der Waals surface area contributed by atoms with Crippen molar-refractivity contribution in [3.63, 3.8) is 0 Å². The number of nitrogens with zero attached hydrogens (tertiary/aromatic N) is 1. The second-order valence-corrected chi connectivity index (χ2v) is 7.48. The van der Waals surface area contributed by atoms with Gasteiger partial charge in [0.15, 0.2) is 11.5 Å². The maximum atomic E-state index is 12.6. The number of hydrogen-bond donors (Lipinski definition) is 2. The highest BCUT2D eigenvalue weighted by molar-refractivity contribution is 14.1. The smallest absolute Gasteiger partial charge is 0.282 e. The zero-order valence-corrected chi connectivity index (χ0v) is 17.4. The third-order valence-electron chi connectivity index (χ3n) is 3.64. The number of ether oxygens (including phenoxy) is 1. The first-order valence-corrected chi connectivity index (χ1v) is 9.56. The summed E-state index contributed by atoms with van der Waals surface area (Å²) in [6, 6.07) is 10.3. The summed E-state index contributed by atoms with van der Waals surface area (Å²) in [6.45, 7) is 2.20. The zero-order valence-electron chi connectivity index (χ0n) is 13.6. The number of hydrogen-bond acceptors (Lipinski definition) is 4. The van der Waals surface area contributed by atoms with Gasteiger partial charge in [-0.3, -0.25) is 15.0 Å². The Hall–Kier alpha value is -2.07. The van der Waals surface area contributed by atoms with Crippen LogP contribution in [0, 0.1) is 3.57 Å². The minimum atomic E-state index is -0.487. The number of aromatic hydroxyl groups is 1. The number of amides is 2. The van der Waals surface area contributed by atoms with Crippen molar-refractivity contribution < 1.29 is 19.4 Å². The molecular weight excluding hydrogens is 515 g/mol. The summed E-state index contributed by atoms with van der Waals surface area (Å²) < 4.78 is 6.83. The average Bonchev–Trinajstić information content (AvgIpc) is 2.88. The molecule has 2 aromatic carbocycles. The van der Waals surface area contributed by atoms with Crippen LogP contribution in [0.3, 0.4) is 0 Å². The number of anilines is 1. The van der Waals surface area contributed by atoms with Gasteiger partial charge in [0, 0.05) is 4.47 Å². The predicted octanol–water partition coefficient (Wildman–Crippen LogP) is 3.62. The Kier molecular flexibility index (Phi) is 5.52. The minimum Gasteiger partial charge on any atom is -0.504 e. The maximum Gasteiger partial charge on any atom is 0.282 e. The van der Waals surface area contributed by atoms with Gasteiger partial charge in [-0.25, -0.2) is 5.01 Å². The molecule has 0 unspecified atom stereocenters. The second-order valence-electron chi connectivity index (χ2n) is 5.40. The van der Waals surface area contributed by atoms with E-state index in [0.29, 0.717) is 27.2 Å². The van der Waals surface area contributed by atoms with Crippen molar-refractivity contribution in [2.75, 3.05) is 11.6 Å². The molecule has 0 bridgehead atoms. The molecule has 1 fully saturated rings. The molecule has 0 aliphatic carbocycles. The van der Waals surface area contributed by atoms with E-state index < -0.39 is 11.8 Å². The van der Waals surface area contributed by atoms with Crippen molar-refractivity contribution >= 4 is 62.1 Å². The number of benzene rings is 2. The Morgan fingerprint density at radius 1 is 1.27 bits per heavy atom. The topological polar surface area (TPSA) is 78.9 Å². The standard InChI is InChI=1S/C18H14BrIN2O4/c1-2-26-15-9-10(8-14(20)16(15)23)7-13-17(24)21-22(18(13)25)12-5-3-11(19)4-6-12/h3-9,23H,2H2,1H3,(H,21,24). The van der Waals surface area contributed by atoms with Gasteiger partial charge in [-0.1, -0.05) is 15.9 Å². The highest BCUT2D eigenvalue weighted by Crippen LogP contribution is 2.34. The zero-order chi connectivity index (χ0) is 18.8. The van der Waals surface area contributed by atoms with Gasteiger partial charge in [-0.05, 0) is 77.6 Å². The molecule has 8 heteroatoms. The summed E-state index contributed by atoms with van der Waals surface area (Å²) in [5, 5.41) is 11.2. The molecule has 2 aromatic rings. The molecule has 1 aliphatic rings. The molecule has 1 saturated heterocycles. The lowest BCUT2D eigenvalue weighted by atomic mass is 10.1. The molecule has 134 valence electrons. The lowest BCUT2D eigenvalue weighted by Crippen LogP contribution is -2.35. The van der Waals surface area contributed by atoms with Crippen LogP contribution in [0.4, 0.5) is 5.69 Å². The van der Waals surface area contributed by atoms with E-state index >= 15 is 0 Å². The van der Waals surface area contributed by atoms with E-state index in [1.807, 2.05) is 29.5 Å². The van der Waals surface area contributed by atoms with E-state index in [0.717, 1.165) is 4.47 Å². The van der Waals surface area contributed by atoms with Crippen LogP contribution >= 0.6 is 38.5 Å². The number of hydrazine groups is 1. The molecular formula is C18H14BrIN2O4. The van der Waals surface area contributed by atoms with Crippen LogP contribution in [0.15, 0.2) is 46.4 Å². The van der Waals surface area contributed by atoms with E-state index in [1.54, 1.807) is 36.4 Å². The maximum absolute atomic E-state index is 12.6. The Morgan fingerprint density at radius 2 is 1.96 bits per heavy atom. The quantitative estimate of drug-likeness (QED) is 0.361. The summed E-state index contributed by atoms with van der Waals surface area (Å²) in [4.78, 5) is 24.9. The lowest BCUT2D eigenvalue weighted by molar-refractivity contribution is -0.117. The van der Waals surface area contributed by atoms with Crippen molar-refractivity contribution in [3.05, 3.63) is 55.6 Å². The number of nitrogens with one attached hydrogen (secondary N) is 1. The van der Waals surface area contributed by atoms with Gasteiger partial charge >= 0.3 is 0 Å². The highest BCUT2D eigenvalue weighted by atomic mass is 127. The number of carbonyl (C=O) groups is 2. The number of phenols is 1. The Bertz CT molecular complexity index is 912. The van der Waals surface area contributed by atoms with E-state index in [4.69, 9.17) is 4.74 Å². The van der Waals surface area contributed by atoms with Crippen molar-refractivity contribution in [3.8, 4) is 11.5 Å². The molecule has 0 saturated carbocycles. The lowest BCUT2D eigenvalue weighted by Gasteiger charge is -2.14. The molecule has 1 aliphatic heterocycles. The van der Waals surface area contributed by atoms with Crippen LogP contribution in [0.5, 0.6) is 11.5 Å². The largest absolute Gasteiger partial charge is 0.504 e. The first-order valence-electron chi connectivity index (χ1n) is 7.68. The van der Waals surface area contributed by atoms with Gasteiger partial charge in [0.25, 0.3) is 11.8 Å². The van der Waals surface area contributed by atoms with Crippen molar-refractivity contribution in [2.45, 2.75) is 6.92 Å². The fourth-order valence-electron chi connectivity index (χ4n) is 2.44. The summed E-state index contributed by atoms with van der Waals surface area (Å²) in [5.41, 5.74) is 3.72. The van der Waals surface area contributed by atoms with Crippen molar-refractivity contribution in [1.29, 1.82) is 0 Å². The van der Waals surface area contributed by atoms with Crippen LogP contribution in [-0.4, -0.2) is 23.5 Å². The second kappa shape index (κ2) is 7.67. The number of halogens is 2. The summed E-state index contributed by atoms with van der Waals surface area (Å²) in [7, 11) is 0. The van der Waals surface area contributed by atoms with Gasteiger partial charge in [-0.15, -0.1) is 0 Å². The van der Waals surface area contributed by atoms with Gasteiger partial charge in [0.1, 0.15) is 5.57 Å². The SMILES string of the molecule is CCOc1cc(C=C2C(=O)NN(c3ccc(Br)cc3)C2=O)cc(I)c1O. The molecule has 3 rings (SSSR count). The monoisotopic (exact) mass is 528 g/mol. The summed E-state index contributed by atoms with van der Waals surface area (Å²) >= 11 is 5.30. The van der Waals surface area contributed by atoms with Crippen molar-refractivity contribution in [2.24, 2.45) is 0 Å². The summed E-state index contributed by atoms with van der Waals surface area (Å²) in [6.07, 6.45) is 1.49. The first-order chi connectivity index (χ1) is 12.4. The molecule has 0 aromatic heterocycles. The van der Waals surface area contributed by atoms with Crippen LogP contribution < -0.4 is 15.2 Å². The van der Waals surface area contributed by atoms with E-state index in [-0.39, 0.29) is 11.3 Å². The van der Waals surface area contributed by atoms with Gasteiger partial charge in [0.05, 0.1) is 15.9 Å². The fourth-order valence-corrected chi connectivity index (χ4v) is 3.33. The number of phenolic OH excluding ortho intramolecular Hbond substituents is 1. The number of carbonyl (C=O) groups excluding carboxylic acids is 2. The van der Waals surface area contributed by atoms with Crippen molar-refractivity contribution in [1.82, 2.24) is 5.43 Å². The molecule has 1 heterocycles. The van der Waals surface area contributed by atoms with E-state index in [9.17, 15) is 14.7 Å². The van der Waals surface area contributed by atoms with E-state index in [1.165, 1.54) is 11.1 Å². The normalized spacial score (nSPS) is 15.5. The van der Waals surface area contributed by atoms with Gasteiger partial charge in [0.2, 0.25) is 0 Å². The average molecular weight is 529 g/mol. The molecule has 2 N–H and O–H groups in total. The predicted molar refractivity (Wildman–Crippen MR) is 110 cm³/mol. The third kappa shape index (κ3) is 3.70. The van der Waals surface area contributed by atoms with Gasteiger partial charge < -0.3 is 9.84 Å². The van der Waals surface area contributed by atoms with Crippen LogP contribution in [-0.2, 0) is 9.59 Å². The van der Waals surface area contributed by atoms with Crippen LogP contribution in [0.25, 0.3) is 6.08 Å². The Balaban J connectivity index is 1.95. The number of rotatable bonds is 4. The molecule has 6 nitrogen and oxygen atoms in total. The van der Waals surface area contributed by atoms with Crippen LogP contribution in [0.1, 0.15) is 12.5 Å². The fraction of sp³-hybridized carbons (Fsp3) is 0.111. The van der Waals surface area contributed by atoms with E-state index in [2.05, 4.69) is 21.4 Å². The van der Waals surface area contributed by atoms with Crippen LogP contribution in [0.2, 0.25) is 0 Å². The molecule has 0 atom stereocenters. The third-order valence-corrected chi connectivity index (χ3v) is 4.99. The molecule has 0 radical (unpaired) electrons. The first kappa shape index (κ1) is 18.7. The Morgan fingerprint density at radius 3 is 2.62 bits per heavy atom. The highest BCUT2D eigenvalue weighted by Gasteiger charge is 2.34. The summed E-state index contributed by atoms with van der Waals surface area (Å²) in [5.74, 6) is -0.590. The molecule has 0 spiro atoms. The Labute approximate surface area is 172 Å². The van der Waals surface area contributed by atoms with Gasteiger partial charge in [-0.2, -0.15) is 0 Å². The molecule has 26 heavy (non-hydrogen) atoms.